The summed E-state index contributed by atoms with van der Waals surface area (Å²) in [6, 6.07) is 9.98. The molecule has 0 aliphatic carbocycles. The topological polar surface area (TPSA) is 65.5 Å². The summed E-state index contributed by atoms with van der Waals surface area (Å²) in [6.45, 7) is 4.35. The standard InChI is InChI=1S/C20H23FN4O2/c1-15(26)24-10-12-25(13-11-24)20(27)19-14-18(7-9-23-19)22-8-6-16-2-4-17(21)5-3-16/h2-5,7,9,14H,6,8,10-13H2,1H3,(H,22,23). The Bertz CT molecular complexity index is 802. The number of piperazine rings is 1. The van der Waals surface area contributed by atoms with Gasteiger partial charge in [0.15, 0.2) is 0 Å². The predicted molar refractivity (Wildman–Crippen MR) is 101 cm³/mol. The normalized spacial score (nSPS) is 14.1. The zero-order chi connectivity index (χ0) is 19.2. The molecule has 27 heavy (non-hydrogen) atoms. The van der Waals surface area contributed by atoms with Gasteiger partial charge in [-0.1, -0.05) is 12.1 Å². The second-order valence-corrected chi connectivity index (χ2v) is 6.53. The van der Waals surface area contributed by atoms with Crippen LogP contribution in [0.4, 0.5) is 10.1 Å². The molecule has 1 aliphatic rings. The molecule has 0 atom stereocenters. The van der Waals surface area contributed by atoms with Gasteiger partial charge in [-0.3, -0.25) is 14.6 Å². The minimum atomic E-state index is -0.242. The van der Waals surface area contributed by atoms with E-state index in [0.717, 1.165) is 17.7 Å². The molecular formula is C20H23FN4O2. The molecule has 1 fully saturated rings. The van der Waals surface area contributed by atoms with Crippen molar-refractivity contribution in [2.45, 2.75) is 13.3 Å². The summed E-state index contributed by atoms with van der Waals surface area (Å²) in [7, 11) is 0. The zero-order valence-corrected chi connectivity index (χ0v) is 15.3. The highest BCUT2D eigenvalue weighted by Gasteiger charge is 2.24. The Morgan fingerprint density at radius 1 is 1.07 bits per heavy atom. The third-order valence-corrected chi connectivity index (χ3v) is 4.65. The SMILES string of the molecule is CC(=O)N1CCN(C(=O)c2cc(NCCc3ccc(F)cc3)ccn2)CC1. The van der Waals surface area contributed by atoms with E-state index in [4.69, 9.17) is 0 Å². The van der Waals surface area contributed by atoms with Gasteiger partial charge in [0.25, 0.3) is 5.91 Å². The van der Waals surface area contributed by atoms with Crippen LogP contribution in [0.3, 0.4) is 0 Å². The maximum Gasteiger partial charge on any atom is 0.272 e. The Kier molecular flexibility index (Phi) is 6.01. The molecule has 1 aliphatic heterocycles. The molecule has 0 bridgehead atoms. The van der Waals surface area contributed by atoms with Crippen LogP contribution in [0.15, 0.2) is 42.6 Å². The molecule has 2 heterocycles. The molecule has 1 aromatic carbocycles. The second kappa shape index (κ2) is 8.62. The number of hydrogen-bond acceptors (Lipinski definition) is 4. The Morgan fingerprint density at radius 3 is 2.41 bits per heavy atom. The van der Waals surface area contributed by atoms with Crippen molar-refractivity contribution in [1.29, 1.82) is 0 Å². The van der Waals surface area contributed by atoms with Gasteiger partial charge in [0.2, 0.25) is 5.91 Å². The van der Waals surface area contributed by atoms with Crippen LogP contribution in [0.25, 0.3) is 0 Å². The van der Waals surface area contributed by atoms with Crippen molar-refractivity contribution in [2.24, 2.45) is 0 Å². The van der Waals surface area contributed by atoms with Gasteiger partial charge in [-0.15, -0.1) is 0 Å². The van der Waals surface area contributed by atoms with Gasteiger partial charge in [-0.05, 0) is 36.2 Å². The van der Waals surface area contributed by atoms with Gasteiger partial charge in [0.1, 0.15) is 11.5 Å². The van der Waals surface area contributed by atoms with E-state index < -0.39 is 0 Å². The largest absolute Gasteiger partial charge is 0.385 e. The average molecular weight is 370 g/mol. The highest BCUT2D eigenvalue weighted by atomic mass is 19.1. The van der Waals surface area contributed by atoms with Crippen LogP contribution in [0.2, 0.25) is 0 Å². The molecule has 1 aromatic heterocycles. The lowest BCUT2D eigenvalue weighted by atomic mass is 10.1. The fourth-order valence-electron chi connectivity index (χ4n) is 3.05. The summed E-state index contributed by atoms with van der Waals surface area (Å²) in [5.74, 6) is -0.332. The lowest BCUT2D eigenvalue weighted by Crippen LogP contribution is -2.50. The van der Waals surface area contributed by atoms with Gasteiger partial charge in [0, 0.05) is 51.5 Å². The van der Waals surface area contributed by atoms with E-state index in [1.54, 1.807) is 41.1 Å². The zero-order valence-electron chi connectivity index (χ0n) is 15.3. The number of halogens is 1. The predicted octanol–water partition coefficient (Wildman–Crippen LogP) is 2.18. The first kappa shape index (κ1) is 18.8. The highest BCUT2D eigenvalue weighted by Crippen LogP contribution is 2.13. The smallest absolute Gasteiger partial charge is 0.272 e. The molecular weight excluding hydrogens is 347 g/mol. The van der Waals surface area contributed by atoms with Crippen LogP contribution in [-0.2, 0) is 11.2 Å². The van der Waals surface area contributed by atoms with Crippen LogP contribution in [0.1, 0.15) is 23.0 Å². The highest BCUT2D eigenvalue weighted by molar-refractivity contribution is 5.93. The first-order valence-electron chi connectivity index (χ1n) is 9.02. The molecule has 1 saturated heterocycles. The monoisotopic (exact) mass is 370 g/mol. The molecule has 0 saturated carbocycles. The van der Waals surface area contributed by atoms with Crippen molar-refractivity contribution in [3.05, 3.63) is 59.7 Å². The molecule has 3 rings (SSSR count). The number of carbonyl (C=O) groups excluding carboxylic acids is 2. The molecule has 2 aromatic rings. The average Bonchev–Trinajstić information content (AvgIpc) is 2.69. The summed E-state index contributed by atoms with van der Waals surface area (Å²) in [6.07, 6.45) is 2.36. The number of rotatable bonds is 5. The first-order chi connectivity index (χ1) is 13.0. The van der Waals surface area contributed by atoms with Gasteiger partial charge in [0.05, 0.1) is 0 Å². The number of benzene rings is 1. The third kappa shape index (κ3) is 5.03. The molecule has 1 N–H and O–H groups in total. The van der Waals surface area contributed by atoms with Crippen LogP contribution < -0.4 is 5.32 Å². The van der Waals surface area contributed by atoms with Crippen molar-refractivity contribution < 1.29 is 14.0 Å². The molecule has 6 nitrogen and oxygen atoms in total. The van der Waals surface area contributed by atoms with Crippen molar-refractivity contribution in [2.75, 3.05) is 38.0 Å². The summed E-state index contributed by atoms with van der Waals surface area (Å²) >= 11 is 0. The minimum absolute atomic E-state index is 0.0348. The Hall–Kier alpha value is -2.96. The summed E-state index contributed by atoms with van der Waals surface area (Å²) in [5, 5.41) is 3.27. The fourth-order valence-corrected chi connectivity index (χ4v) is 3.05. The summed E-state index contributed by atoms with van der Waals surface area (Å²) < 4.78 is 12.9. The molecule has 142 valence electrons. The number of nitrogens with zero attached hydrogens (tertiary/aromatic N) is 3. The van der Waals surface area contributed by atoms with E-state index in [0.29, 0.717) is 38.4 Å². The first-order valence-corrected chi connectivity index (χ1v) is 9.02. The van der Waals surface area contributed by atoms with Crippen molar-refractivity contribution in [1.82, 2.24) is 14.8 Å². The number of aromatic nitrogens is 1. The third-order valence-electron chi connectivity index (χ3n) is 4.65. The number of amides is 2. The number of anilines is 1. The number of hydrogen-bond donors (Lipinski definition) is 1. The van der Waals surface area contributed by atoms with Gasteiger partial charge >= 0.3 is 0 Å². The molecule has 0 radical (unpaired) electrons. The number of nitrogens with one attached hydrogen (secondary N) is 1. The molecule has 7 heteroatoms. The van der Waals surface area contributed by atoms with Crippen molar-refractivity contribution in [3.63, 3.8) is 0 Å². The Balaban J connectivity index is 1.54. The molecule has 0 spiro atoms. The maximum absolute atomic E-state index is 12.9. The van der Waals surface area contributed by atoms with Crippen molar-refractivity contribution >= 4 is 17.5 Å². The molecule has 2 amide bonds. The van der Waals surface area contributed by atoms with Gasteiger partial charge in [-0.25, -0.2) is 4.39 Å². The number of pyridine rings is 1. The van der Waals surface area contributed by atoms with E-state index in [1.807, 2.05) is 6.07 Å². The van der Waals surface area contributed by atoms with E-state index >= 15 is 0 Å². The quantitative estimate of drug-likeness (QED) is 0.876. The van der Waals surface area contributed by atoms with E-state index in [2.05, 4.69) is 10.3 Å². The summed E-state index contributed by atoms with van der Waals surface area (Å²) in [5.41, 5.74) is 2.24. The minimum Gasteiger partial charge on any atom is -0.385 e. The van der Waals surface area contributed by atoms with Crippen molar-refractivity contribution in [3.8, 4) is 0 Å². The maximum atomic E-state index is 12.9. The summed E-state index contributed by atoms with van der Waals surface area (Å²) in [4.78, 5) is 31.7. The van der Waals surface area contributed by atoms with E-state index in [9.17, 15) is 14.0 Å². The van der Waals surface area contributed by atoms with Gasteiger partial charge in [-0.2, -0.15) is 0 Å². The fraction of sp³-hybridized carbons (Fsp3) is 0.350. The van der Waals surface area contributed by atoms with E-state index in [1.165, 1.54) is 12.1 Å². The van der Waals surface area contributed by atoms with Crippen LogP contribution in [0, 0.1) is 5.82 Å². The molecule has 0 unspecified atom stereocenters. The van der Waals surface area contributed by atoms with Crippen LogP contribution >= 0.6 is 0 Å². The second-order valence-electron chi connectivity index (χ2n) is 6.53. The van der Waals surface area contributed by atoms with E-state index in [-0.39, 0.29) is 17.6 Å². The lowest BCUT2D eigenvalue weighted by molar-refractivity contribution is -0.130. The van der Waals surface area contributed by atoms with Crippen LogP contribution in [-0.4, -0.2) is 59.3 Å². The Morgan fingerprint density at radius 2 is 1.74 bits per heavy atom. The number of carbonyl (C=O) groups is 2. The Labute approximate surface area is 158 Å². The lowest BCUT2D eigenvalue weighted by Gasteiger charge is -2.34. The van der Waals surface area contributed by atoms with Gasteiger partial charge < -0.3 is 15.1 Å². The van der Waals surface area contributed by atoms with Crippen LogP contribution in [0.5, 0.6) is 0 Å².